The number of alkyl carbamates (subject to hydrolysis) is 1. The first-order valence-corrected chi connectivity index (χ1v) is 10.3. The Morgan fingerprint density at radius 2 is 1.67 bits per heavy atom. The molecule has 0 aliphatic carbocycles. The van der Waals surface area contributed by atoms with Crippen molar-refractivity contribution in [1.82, 2.24) is 10.6 Å². The van der Waals surface area contributed by atoms with Gasteiger partial charge in [0.25, 0.3) is 0 Å². The van der Waals surface area contributed by atoms with Gasteiger partial charge >= 0.3 is 12.1 Å². The van der Waals surface area contributed by atoms with Crippen LogP contribution in [0.3, 0.4) is 0 Å². The van der Waals surface area contributed by atoms with Crippen LogP contribution in [0.15, 0.2) is 59.1 Å². The molecule has 0 unspecified atom stereocenters. The fourth-order valence-electron chi connectivity index (χ4n) is 2.79. The van der Waals surface area contributed by atoms with E-state index in [9.17, 15) is 19.5 Å². The SMILES string of the molecule is CC(C)[C@H](NC(=O)OCc1ccccc1)C(=O)N[C@H](Cc1cccc(Br)c1)C(=O)O. The smallest absolute Gasteiger partial charge is 0.408 e. The highest BCUT2D eigenvalue weighted by molar-refractivity contribution is 9.10. The maximum Gasteiger partial charge on any atom is 0.408 e. The quantitative estimate of drug-likeness (QED) is 0.513. The molecule has 0 aliphatic rings. The van der Waals surface area contributed by atoms with Crippen LogP contribution in [-0.4, -0.2) is 35.2 Å². The lowest BCUT2D eigenvalue weighted by Crippen LogP contribution is -2.54. The van der Waals surface area contributed by atoms with E-state index in [0.717, 1.165) is 15.6 Å². The molecule has 0 aliphatic heterocycles. The highest BCUT2D eigenvalue weighted by Gasteiger charge is 2.29. The first-order chi connectivity index (χ1) is 14.3. The zero-order valence-electron chi connectivity index (χ0n) is 16.8. The Bertz CT molecular complexity index is 873. The van der Waals surface area contributed by atoms with E-state index < -0.39 is 30.1 Å². The summed E-state index contributed by atoms with van der Waals surface area (Å²) in [6.45, 7) is 3.58. The van der Waals surface area contributed by atoms with Crippen molar-refractivity contribution < 1.29 is 24.2 Å². The molecule has 0 fully saturated rings. The third kappa shape index (κ3) is 7.51. The number of carboxylic acids is 1. The first kappa shape index (κ1) is 23.4. The number of carboxylic acid groups (broad SMARTS) is 1. The highest BCUT2D eigenvalue weighted by atomic mass is 79.9. The minimum Gasteiger partial charge on any atom is -0.480 e. The maximum absolute atomic E-state index is 12.7. The summed E-state index contributed by atoms with van der Waals surface area (Å²) >= 11 is 3.34. The van der Waals surface area contributed by atoms with Crippen molar-refractivity contribution in [2.45, 2.75) is 39.0 Å². The van der Waals surface area contributed by atoms with Gasteiger partial charge in [-0.25, -0.2) is 9.59 Å². The summed E-state index contributed by atoms with van der Waals surface area (Å²) in [6.07, 6.45) is -0.629. The molecule has 0 saturated heterocycles. The molecule has 0 bridgehead atoms. The second-order valence-corrected chi connectivity index (χ2v) is 8.08. The number of aliphatic carboxylic acids is 1. The van der Waals surface area contributed by atoms with Gasteiger partial charge in [0.2, 0.25) is 5.91 Å². The zero-order chi connectivity index (χ0) is 22.1. The summed E-state index contributed by atoms with van der Waals surface area (Å²) < 4.78 is 5.99. The molecule has 0 saturated carbocycles. The first-order valence-electron chi connectivity index (χ1n) is 9.51. The van der Waals surface area contributed by atoms with Crippen LogP contribution in [0, 0.1) is 5.92 Å². The van der Waals surface area contributed by atoms with Crippen LogP contribution >= 0.6 is 15.9 Å². The van der Waals surface area contributed by atoms with Gasteiger partial charge in [-0.15, -0.1) is 0 Å². The number of carbonyl (C=O) groups excluding carboxylic acids is 2. The lowest BCUT2D eigenvalue weighted by Gasteiger charge is -2.24. The summed E-state index contributed by atoms with van der Waals surface area (Å²) in [5, 5.41) is 14.6. The Kier molecular flexibility index (Phi) is 8.86. The van der Waals surface area contributed by atoms with E-state index in [-0.39, 0.29) is 18.9 Å². The molecule has 8 heteroatoms. The van der Waals surface area contributed by atoms with Crippen molar-refractivity contribution in [1.29, 1.82) is 0 Å². The van der Waals surface area contributed by atoms with Crippen LogP contribution in [0.5, 0.6) is 0 Å². The fraction of sp³-hybridized carbons (Fsp3) is 0.318. The number of halogens is 1. The van der Waals surface area contributed by atoms with Gasteiger partial charge in [0.1, 0.15) is 18.7 Å². The molecule has 7 nitrogen and oxygen atoms in total. The number of ether oxygens (including phenoxy) is 1. The second-order valence-electron chi connectivity index (χ2n) is 7.16. The molecule has 0 aromatic heterocycles. The van der Waals surface area contributed by atoms with E-state index in [4.69, 9.17) is 4.74 Å². The minimum atomic E-state index is -1.16. The van der Waals surface area contributed by atoms with Gasteiger partial charge < -0.3 is 20.5 Å². The van der Waals surface area contributed by atoms with E-state index in [1.54, 1.807) is 32.0 Å². The Hall–Kier alpha value is -2.87. The summed E-state index contributed by atoms with van der Waals surface area (Å²) in [7, 11) is 0. The molecule has 3 N–H and O–H groups in total. The van der Waals surface area contributed by atoms with Gasteiger partial charge in [-0.2, -0.15) is 0 Å². The molecule has 0 radical (unpaired) electrons. The van der Waals surface area contributed by atoms with Crippen LogP contribution in [0.2, 0.25) is 0 Å². The lowest BCUT2D eigenvalue weighted by molar-refractivity contribution is -0.142. The fourth-order valence-corrected chi connectivity index (χ4v) is 3.23. The van der Waals surface area contributed by atoms with Crippen molar-refractivity contribution >= 4 is 33.9 Å². The molecule has 0 spiro atoms. The number of benzene rings is 2. The van der Waals surface area contributed by atoms with Crippen LogP contribution in [0.4, 0.5) is 4.79 Å². The normalized spacial score (nSPS) is 12.7. The monoisotopic (exact) mass is 476 g/mol. The molecule has 2 atom stereocenters. The topological polar surface area (TPSA) is 105 Å². The predicted molar refractivity (Wildman–Crippen MR) is 116 cm³/mol. The third-order valence-electron chi connectivity index (χ3n) is 4.38. The highest BCUT2D eigenvalue weighted by Crippen LogP contribution is 2.14. The number of carbonyl (C=O) groups is 3. The van der Waals surface area contributed by atoms with Gasteiger partial charge in [-0.05, 0) is 29.2 Å². The molecule has 2 rings (SSSR count). The number of amides is 2. The molecular weight excluding hydrogens is 452 g/mol. The van der Waals surface area contributed by atoms with Crippen molar-refractivity contribution in [3.63, 3.8) is 0 Å². The Morgan fingerprint density at radius 3 is 2.27 bits per heavy atom. The third-order valence-corrected chi connectivity index (χ3v) is 4.87. The predicted octanol–water partition coefficient (Wildman–Crippen LogP) is 3.51. The largest absolute Gasteiger partial charge is 0.480 e. The summed E-state index contributed by atoms with van der Waals surface area (Å²) in [6, 6.07) is 14.3. The van der Waals surface area contributed by atoms with Crippen LogP contribution in [-0.2, 0) is 27.4 Å². The molecule has 160 valence electrons. The van der Waals surface area contributed by atoms with E-state index in [0.29, 0.717) is 0 Å². The average molecular weight is 477 g/mol. The van der Waals surface area contributed by atoms with Crippen LogP contribution < -0.4 is 10.6 Å². The van der Waals surface area contributed by atoms with Gasteiger partial charge in [0.05, 0.1) is 0 Å². The molecule has 2 aromatic rings. The van der Waals surface area contributed by atoms with Gasteiger partial charge in [0.15, 0.2) is 0 Å². The van der Waals surface area contributed by atoms with Crippen molar-refractivity contribution in [2.75, 3.05) is 0 Å². The van der Waals surface area contributed by atoms with Gasteiger partial charge in [-0.1, -0.05) is 72.2 Å². The number of nitrogens with one attached hydrogen (secondary N) is 2. The second kappa shape index (κ2) is 11.3. The molecule has 30 heavy (non-hydrogen) atoms. The summed E-state index contributed by atoms with van der Waals surface area (Å²) in [5.74, 6) is -2.00. The van der Waals surface area contributed by atoms with Crippen molar-refractivity contribution in [3.05, 3.63) is 70.2 Å². The minimum absolute atomic E-state index is 0.0692. The zero-order valence-corrected chi connectivity index (χ0v) is 18.4. The maximum atomic E-state index is 12.7. The Labute approximate surface area is 183 Å². The number of rotatable bonds is 9. The van der Waals surface area contributed by atoms with E-state index in [1.807, 2.05) is 36.4 Å². The molecule has 2 amide bonds. The van der Waals surface area contributed by atoms with Crippen molar-refractivity contribution in [3.8, 4) is 0 Å². The molecular formula is C22H25BrN2O5. The van der Waals surface area contributed by atoms with E-state index in [1.165, 1.54) is 0 Å². The number of hydrogen-bond donors (Lipinski definition) is 3. The van der Waals surface area contributed by atoms with Crippen molar-refractivity contribution in [2.24, 2.45) is 5.92 Å². The lowest BCUT2D eigenvalue weighted by atomic mass is 10.0. The summed E-state index contributed by atoms with van der Waals surface area (Å²) in [5.41, 5.74) is 1.58. The number of hydrogen-bond acceptors (Lipinski definition) is 4. The average Bonchev–Trinajstić information content (AvgIpc) is 2.70. The van der Waals surface area contributed by atoms with Crippen LogP contribution in [0.1, 0.15) is 25.0 Å². The summed E-state index contributed by atoms with van der Waals surface area (Å²) in [4.78, 5) is 36.5. The standard InChI is InChI=1S/C22H25BrN2O5/c1-14(2)19(25-22(29)30-13-15-7-4-3-5-8-15)20(26)24-18(21(27)28)12-16-9-6-10-17(23)11-16/h3-11,14,18-19H,12-13H2,1-2H3,(H,24,26)(H,25,29)(H,27,28)/t18-,19+/m1/s1. The van der Waals surface area contributed by atoms with Gasteiger partial charge in [0, 0.05) is 10.9 Å². The van der Waals surface area contributed by atoms with E-state index >= 15 is 0 Å². The molecule has 2 aromatic carbocycles. The Balaban J connectivity index is 1.98. The van der Waals surface area contributed by atoms with Gasteiger partial charge in [-0.3, -0.25) is 4.79 Å². The molecule has 0 heterocycles. The van der Waals surface area contributed by atoms with E-state index in [2.05, 4.69) is 26.6 Å². The Morgan fingerprint density at radius 1 is 1.00 bits per heavy atom. The van der Waals surface area contributed by atoms with Crippen LogP contribution in [0.25, 0.3) is 0 Å².